The Labute approximate surface area is 133 Å². The van der Waals surface area contributed by atoms with Crippen molar-refractivity contribution >= 4 is 22.1 Å². The van der Waals surface area contributed by atoms with Crippen LogP contribution in [0.15, 0.2) is 22.9 Å². The molecule has 6 nitrogen and oxygen atoms in total. The molecule has 4 rings (SSSR count). The number of rotatable bonds is 2. The summed E-state index contributed by atoms with van der Waals surface area (Å²) < 4.78 is 7.75. The fourth-order valence-corrected chi connectivity index (χ4v) is 3.62. The number of hydrogen-bond donors (Lipinski definition) is 1. The minimum Gasteiger partial charge on any atom is -0.460 e. The van der Waals surface area contributed by atoms with Crippen LogP contribution in [0.2, 0.25) is 0 Å². The molecule has 1 unspecified atom stereocenters. The van der Waals surface area contributed by atoms with Gasteiger partial charge in [-0.25, -0.2) is 4.98 Å². The van der Waals surface area contributed by atoms with Crippen LogP contribution in [-0.2, 0) is 0 Å². The van der Waals surface area contributed by atoms with E-state index in [0.29, 0.717) is 11.4 Å². The predicted molar refractivity (Wildman–Crippen MR) is 84.5 cm³/mol. The lowest BCUT2D eigenvalue weighted by atomic mass is 9.86. The Kier molecular flexibility index (Phi) is 3.31. The van der Waals surface area contributed by atoms with E-state index < -0.39 is 6.10 Å². The molecule has 0 spiro atoms. The summed E-state index contributed by atoms with van der Waals surface area (Å²) in [5, 5.41) is 19.3. The van der Waals surface area contributed by atoms with E-state index in [9.17, 15) is 5.11 Å². The van der Waals surface area contributed by atoms with Crippen molar-refractivity contribution in [2.45, 2.75) is 44.8 Å². The Morgan fingerprint density at radius 2 is 2.13 bits per heavy atom. The molecule has 6 heteroatoms. The number of aliphatic hydroxyl groups excluding tert-OH is 1. The second-order valence-corrected chi connectivity index (χ2v) is 6.28. The molecule has 118 valence electrons. The number of hydrogen-bond acceptors (Lipinski definition) is 5. The van der Waals surface area contributed by atoms with Crippen molar-refractivity contribution in [3.05, 3.63) is 24.4 Å². The molecule has 3 aromatic rings. The first kappa shape index (κ1) is 14.2. The van der Waals surface area contributed by atoms with Gasteiger partial charge < -0.3 is 14.1 Å². The van der Waals surface area contributed by atoms with Gasteiger partial charge in [0.1, 0.15) is 28.5 Å². The topological polar surface area (TPSA) is 87.9 Å². The summed E-state index contributed by atoms with van der Waals surface area (Å²) in [5.41, 5.74) is 3.15. The lowest BCUT2D eigenvalue weighted by Gasteiger charge is -2.28. The molecule has 3 heterocycles. The van der Waals surface area contributed by atoms with E-state index in [-0.39, 0.29) is 12.0 Å². The minimum absolute atomic E-state index is 0.140. The van der Waals surface area contributed by atoms with E-state index in [0.717, 1.165) is 42.2 Å². The Morgan fingerprint density at radius 1 is 1.35 bits per heavy atom. The van der Waals surface area contributed by atoms with Crippen molar-refractivity contribution in [3.63, 3.8) is 0 Å². The zero-order valence-electron chi connectivity index (χ0n) is 12.9. The molecule has 0 amide bonds. The molecule has 23 heavy (non-hydrogen) atoms. The van der Waals surface area contributed by atoms with Crippen LogP contribution in [0.25, 0.3) is 22.1 Å². The van der Waals surface area contributed by atoms with E-state index in [2.05, 4.69) is 20.6 Å². The molecule has 1 N–H and O–H groups in total. The average Bonchev–Trinajstić information content (AvgIpc) is 3.18. The number of furan rings is 1. The van der Waals surface area contributed by atoms with E-state index in [1.165, 1.54) is 0 Å². The fourth-order valence-electron chi connectivity index (χ4n) is 3.62. The lowest BCUT2D eigenvalue weighted by molar-refractivity contribution is 0.176. The number of pyridine rings is 1. The van der Waals surface area contributed by atoms with Gasteiger partial charge in [-0.05, 0) is 32.6 Å². The zero-order chi connectivity index (χ0) is 16.0. The van der Waals surface area contributed by atoms with Gasteiger partial charge in [-0.1, -0.05) is 0 Å². The maximum absolute atomic E-state index is 10.2. The molecule has 3 aromatic heterocycles. The molecule has 0 saturated heterocycles. The van der Waals surface area contributed by atoms with Crippen LogP contribution in [0.5, 0.6) is 0 Å². The Hall–Kier alpha value is -2.39. The van der Waals surface area contributed by atoms with Crippen LogP contribution in [-0.4, -0.2) is 19.6 Å². The summed E-state index contributed by atoms with van der Waals surface area (Å²) >= 11 is 0. The first-order chi connectivity index (χ1) is 11.2. The Balaban J connectivity index is 1.90. The summed E-state index contributed by atoms with van der Waals surface area (Å²) in [6.07, 6.45) is 6.28. The van der Waals surface area contributed by atoms with Gasteiger partial charge in [0.05, 0.1) is 18.5 Å². The van der Waals surface area contributed by atoms with Gasteiger partial charge in [0.2, 0.25) is 0 Å². The quantitative estimate of drug-likeness (QED) is 0.782. The van der Waals surface area contributed by atoms with E-state index in [1.807, 2.05) is 6.07 Å². The summed E-state index contributed by atoms with van der Waals surface area (Å²) in [6.45, 7) is 1.73. The smallest absolute Gasteiger partial charge is 0.178 e. The van der Waals surface area contributed by atoms with Crippen molar-refractivity contribution in [2.75, 3.05) is 0 Å². The molecule has 1 aliphatic rings. The highest BCUT2D eigenvalue weighted by molar-refractivity contribution is 5.98. The molecule has 1 saturated carbocycles. The normalized spacial score (nSPS) is 23.2. The molecule has 0 aliphatic heterocycles. The first-order valence-electron chi connectivity index (χ1n) is 8.00. The van der Waals surface area contributed by atoms with Crippen molar-refractivity contribution in [1.82, 2.24) is 14.5 Å². The molecule has 0 aromatic carbocycles. The average molecular weight is 310 g/mol. The third-order valence-corrected chi connectivity index (χ3v) is 4.77. The highest BCUT2D eigenvalue weighted by Gasteiger charge is 2.28. The third-order valence-electron chi connectivity index (χ3n) is 4.77. The predicted octanol–water partition coefficient (Wildman–Crippen LogP) is 3.49. The number of fused-ring (bicyclic) bond motifs is 3. The van der Waals surface area contributed by atoms with Crippen LogP contribution in [0.1, 0.15) is 50.6 Å². The van der Waals surface area contributed by atoms with Crippen LogP contribution in [0.3, 0.4) is 0 Å². The highest BCUT2D eigenvalue weighted by Crippen LogP contribution is 2.38. The second-order valence-electron chi connectivity index (χ2n) is 6.28. The van der Waals surface area contributed by atoms with Crippen LogP contribution < -0.4 is 0 Å². The summed E-state index contributed by atoms with van der Waals surface area (Å²) in [7, 11) is 0. The number of aromatic nitrogens is 3. The van der Waals surface area contributed by atoms with Crippen LogP contribution in [0.4, 0.5) is 0 Å². The monoisotopic (exact) mass is 310 g/mol. The number of nitrogens with zero attached hydrogens (tertiary/aromatic N) is 4. The van der Waals surface area contributed by atoms with E-state index in [4.69, 9.17) is 9.68 Å². The molecule has 1 atom stereocenters. The maximum Gasteiger partial charge on any atom is 0.178 e. The van der Waals surface area contributed by atoms with Gasteiger partial charge in [0.25, 0.3) is 0 Å². The second kappa shape index (κ2) is 5.36. The number of aliphatic hydroxyl groups is 1. The van der Waals surface area contributed by atoms with Gasteiger partial charge in [-0.15, -0.1) is 0 Å². The van der Waals surface area contributed by atoms with Gasteiger partial charge >= 0.3 is 0 Å². The summed E-state index contributed by atoms with van der Waals surface area (Å²) in [4.78, 5) is 8.94. The van der Waals surface area contributed by atoms with Crippen molar-refractivity contribution in [1.29, 1.82) is 5.26 Å². The summed E-state index contributed by atoms with van der Waals surface area (Å²) in [5.74, 6) is 0.785. The molecular formula is C17H18N4O2. The van der Waals surface area contributed by atoms with Crippen LogP contribution >= 0.6 is 0 Å². The van der Waals surface area contributed by atoms with Crippen LogP contribution in [0, 0.1) is 17.2 Å². The zero-order valence-corrected chi connectivity index (χ0v) is 12.9. The van der Waals surface area contributed by atoms with Crippen molar-refractivity contribution < 1.29 is 9.52 Å². The van der Waals surface area contributed by atoms with Crippen molar-refractivity contribution in [3.8, 4) is 6.07 Å². The molecule has 0 radical (unpaired) electrons. The molecule has 0 bridgehead atoms. The maximum atomic E-state index is 10.2. The van der Waals surface area contributed by atoms with E-state index in [1.54, 1.807) is 19.4 Å². The largest absolute Gasteiger partial charge is 0.460 e. The van der Waals surface area contributed by atoms with Crippen molar-refractivity contribution in [2.24, 2.45) is 5.92 Å². The molecular weight excluding hydrogens is 292 g/mol. The third kappa shape index (κ3) is 2.20. The molecule has 1 fully saturated rings. The van der Waals surface area contributed by atoms with Gasteiger partial charge in [0, 0.05) is 18.0 Å². The first-order valence-corrected chi connectivity index (χ1v) is 8.00. The summed E-state index contributed by atoms with van der Waals surface area (Å²) in [6, 6.07) is 4.43. The molecule has 1 aliphatic carbocycles. The standard InChI is InChI=1S/C17H18N4O2/c1-10(22)17-20-14-9-19-13-6-7-23-16(13)15(14)21(17)12-4-2-11(8-18)3-5-12/h6-7,9-12,22H,2-5H2,1H3. The van der Waals surface area contributed by atoms with Gasteiger partial charge in [-0.3, -0.25) is 4.98 Å². The number of imidazole rings is 1. The number of nitriles is 1. The van der Waals surface area contributed by atoms with Gasteiger partial charge in [0.15, 0.2) is 5.58 Å². The van der Waals surface area contributed by atoms with E-state index >= 15 is 0 Å². The lowest BCUT2D eigenvalue weighted by Crippen LogP contribution is -2.20. The Bertz CT molecular complexity index is 894. The highest BCUT2D eigenvalue weighted by atomic mass is 16.3. The fraction of sp³-hybridized carbons (Fsp3) is 0.471. The Morgan fingerprint density at radius 3 is 2.83 bits per heavy atom. The minimum atomic E-state index is -0.666. The SMILES string of the molecule is CC(O)c1nc2cnc3ccoc3c2n1C1CCC(C#N)CC1. The van der Waals surface area contributed by atoms with Gasteiger partial charge in [-0.2, -0.15) is 5.26 Å².